The number of nitrogens with two attached hydrogens (primary N) is 3. The van der Waals surface area contributed by atoms with E-state index in [9.17, 15) is 4.79 Å². The van der Waals surface area contributed by atoms with Crippen LogP contribution in [0.25, 0.3) is 10.1 Å². The zero-order valence-electron chi connectivity index (χ0n) is 12.4. The van der Waals surface area contributed by atoms with Crippen molar-refractivity contribution in [2.24, 2.45) is 11.5 Å². The first-order chi connectivity index (χ1) is 10.6. The summed E-state index contributed by atoms with van der Waals surface area (Å²) in [6, 6.07) is 4.03. The third-order valence-electron chi connectivity index (χ3n) is 4.10. The summed E-state index contributed by atoms with van der Waals surface area (Å²) in [5.41, 5.74) is 18.8. The number of carbonyl (C=O) groups excluding carboxylic acids is 1. The number of hydrogen-bond acceptors (Lipinski definition) is 5. The average molecular weight is 319 g/mol. The van der Waals surface area contributed by atoms with Crippen LogP contribution in [0.4, 0.5) is 5.69 Å². The van der Waals surface area contributed by atoms with Gasteiger partial charge < -0.3 is 21.9 Å². The average Bonchev–Trinajstić information content (AvgIpc) is 3.07. The Morgan fingerprint density at radius 2 is 2.05 bits per heavy atom. The fourth-order valence-corrected chi connectivity index (χ4v) is 4.10. The summed E-state index contributed by atoms with van der Waals surface area (Å²) in [7, 11) is 0. The van der Waals surface area contributed by atoms with Crippen molar-refractivity contribution in [3.8, 4) is 5.75 Å². The summed E-state index contributed by atoms with van der Waals surface area (Å²) in [5, 5.41) is 0.812. The van der Waals surface area contributed by atoms with Gasteiger partial charge in [-0.05, 0) is 56.3 Å². The molecular weight excluding hydrogens is 298 g/mol. The molecule has 1 amide bonds. The molecular formula is C16H21N3O2S. The summed E-state index contributed by atoms with van der Waals surface area (Å²) >= 11 is 1.32. The zero-order chi connectivity index (χ0) is 15.7. The van der Waals surface area contributed by atoms with Gasteiger partial charge in [0.1, 0.15) is 10.6 Å². The number of carbonyl (C=O) groups is 1. The molecule has 0 aliphatic heterocycles. The Kier molecular flexibility index (Phi) is 4.22. The number of rotatable bonds is 5. The predicted octanol–water partition coefficient (Wildman–Crippen LogP) is 2.41. The van der Waals surface area contributed by atoms with Crippen molar-refractivity contribution in [1.82, 2.24) is 0 Å². The molecule has 1 saturated carbocycles. The SMILES string of the molecule is NCCc1cc(OC2CCCC2)c2c(N)c(C(N)=O)sc2c1. The molecule has 1 aliphatic rings. The van der Waals surface area contributed by atoms with Crippen LogP contribution in [-0.2, 0) is 6.42 Å². The molecule has 0 saturated heterocycles. The van der Waals surface area contributed by atoms with Gasteiger partial charge in [0.2, 0.25) is 0 Å². The molecule has 22 heavy (non-hydrogen) atoms. The molecule has 1 fully saturated rings. The highest BCUT2D eigenvalue weighted by molar-refractivity contribution is 7.21. The molecule has 1 aromatic carbocycles. The molecule has 3 rings (SSSR count). The lowest BCUT2D eigenvalue weighted by Gasteiger charge is -2.15. The van der Waals surface area contributed by atoms with Crippen LogP contribution < -0.4 is 21.9 Å². The second kappa shape index (κ2) is 6.14. The first kappa shape index (κ1) is 15.1. The molecule has 5 nitrogen and oxygen atoms in total. The number of primary amides is 1. The van der Waals surface area contributed by atoms with Gasteiger partial charge in [0.05, 0.1) is 17.2 Å². The topological polar surface area (TPSA) is 104 Å². The normalized spacial score (nSPS) is 15.5. The smallest absolute Gasteiger partial charge is 0.260 e. The maximum absolute atomic E-state index is 11.5. The number of nitrogen functional groups attached to an aromatic ring is 1. The third kappa shape index (κ3) is 2.76. The molecule has 1 aliphatic carbocycles. The van der Waals surface area contributed by atoms with E-state index >= 15 is 0 Å². The number of anilines is 1. The van der Waals surface area contributed by atoms with E-state index in [1.807, 2.05) is 12.1 Å². The van der Waals surface area contributed by atoms with E-state index < -0.39 is 5.91 Å². The molecule has 0 spiro atoms. The Labute approximate surface area is 133 Å². The Balaban J connectivity index is 2.10. The van der Waals surface area contributed by atoms with Gasteiger partial charge >= 0.3 is 0 Å². The zero-order valence-corrected chi connectivity index (χ0v) is 13.2. The van der Waals surface area contributed by atoms with Crippen molar-refractivity contribution in [1.29, 1.82) is 0 Å². The quantitative estimate of drug-likeness (QED) is 0.787. The van der Waals surface area contributed by atoms with Crippen molar-refractivity contribution in [2.75, 3.05) is 12.3 Å². The first-order valence-electron chi connectivity index (χ1n) is 7.61. The lowest BCUT2D eigenvalue weighted by molar-refractivity contribution is 0.100. The Hall–Kier alpha value is -1.79. The standard InChI is InChI=1S/C16H21N3O2S/c17-6-5-9-7-11(21-10-3-1-2-4-10)13-12(8-9)22-15(14(13)18)16(19)20/h7-8,10H,1-6,17-18H2,(H2,19,20). The monoisotopic (exact) mass is 319 g/mol. The van der Waals surface area contributed by atoms with Crippen molar-refractivity contribution in [3.05, 3.63) is 22.6 Å². The van der Waals surface area contributed by atoms with Crippen LogP contribution in [0.15, 0.2) is 12.1 Å². The van der Waals surface area contributed by atoms with Crippen molar-refractivity contribution in [2.45, 2.75) is 38.2 Å². The number of ether oxygens (including phenoxy) is 1. The summed E-state index contributed by atoms with van der Waals surface area (Å²) in [4.78, 5) is 11.9. The van der Waals surface area contributed by atoms with Crippen molar-refractivity contribution in [3.63, 3.8) is 0 Å². The fourth-order valence-electron chi connectivity index (χ4n) is 3.04. The van der Waals surface area contributed by atoms with E-state index in [2.05, 4.69) is 0 Å². The van der Waals surface area contributed by atoms with Crippen LogP contribution in [0.3, 0.4) is 0 Å². The van der Waals surface area contributed by atoms with Crippen LogP contribution in [0.5, 0.6) is 5.75 Å². The van der Waals surface area contributed by atoms with E-state index in [4.69, 9.17) is 21.9 Å². The molecule has 0 radical (unpaired) electrons. The molecule has 1 aromatic heterocycles. The Bertz CT molecular complexity index is 705. The minimum atomic E-state index is -0.495. The molecule has 1 heterocycles. The van der Waals surface area contributed by atoms with Crippen molar-refractivity contribution >= 4 is 33.0 Å². The molecule has 0 bridgehead atoms. The Morgan fingerprint density at radius 1 is 1.32 bits per heavy atom. The van der Waals surface area contributed by atoms with E-state index in [1.165, 1.54) is 24.2 Å². The van der Waals surface area contributed by atoms with Crippen LogP contribution in [0.2, 0.25) is 0 Å². The first-order valence-corrected chi connectivity index (χ1v) is 8.43. The van der Waals surface area contributed by atoms with Gasteiger partial charge in [0, 0.05) is 4.70 Å². The van der Waals surface area contributed by atoms with Gasteiger partial charge in [0.25, 0.3) is 5.91 Å². The lowest BCUT2D eigenvalue weighted by Crippen LogP contribution is -2.12. The lowest BCUT2D eigenvalue weighted by atomic mass is 10.1. The van der Waals surface area contributed by atoms with Gasteiger partial charge in [-0.15, -0.1) is 11.3 Å². The summed E-state index contributed by atoms with van der Waals surface area (Å²) in [5.74, 6) is 0.264. The minimum Gasteiger partial charge on any atom is -0.490 e. The number of benzene rings is 1. The molecule has 6 heteroatoms. The summed E-state index contributed by atoms with van der Waals surface area (Å²) in [6.45, 7) is 0.567. The Morgan fingerprint density at radius 3 is 2.68 bits per heavy atom. The van der Waals surface area contributed by atoms with E-state index in [-0.39, 0.29) is 6.10 Å². The molecule has 6 N–H and O–H groups in total. The maximum atomic E-state index is 11.5. The number of hydrogen-bond donors (Lipinski definition) is 3. The number of thiophene rings is 1. The van der Waals surface area contributed by atoms with E-state index in [0.717, 1.165) is 40.7 Å². The predicted molar refractivity (Wildman–Crippen MR) is 90.4 cm³/mol. The highest BCUT2D eigenvalue weighted by Crippen LogP contribution is 2.41. The van der Waals surface area contributed by atoms with Gasteiger partial charge in [-0.1, -0.05) is 0 Å². The van der Waals surface area contributed by atoms with E-state index in [1.54, 1.807) is 0 Å². The van der Waals surface area contributed by atoms with Gasteiger partial charge in [-0.3, -0.25) is 4.79 Å². The van der Waals surface area contributed by atoms with Crippen LogP contribution >= 0.6 is 11.3 Å². The van der Waals surface area contributed by atoms with Crippen LogP contribution in [-0.4, -0.2) is 18.6 Å². The van der Waals surface area contributed by atoms with Gasteiger partial charge in [0.15, 0.2) is 0 Å². The number of amides is 1. The fraction of sp³-hybridized carbons (Fsp3) is 0.438. The van der Waals surface area contributed by atoms with Crippen molar-refractivity contribution < 1.29 is 9.53 Å². The highest BCUT2D eigenvalue weighted by atomic mass is 32.1. The largest absolute Gasteiger partial charge is 0.490 e. The molecule has 0 atom stereocenters. The molecule has 118 valence electrons. The van der Waals surface area contributed by atoms with Gasteiger partial charge in [-0.25, -0.2) is 0 Å². The second-order valence-electron chi connectivity index (χ2n) is 5.74. The third-order valence-corrected chi connectivity index (χ3v) is 5.27. The maximum Gasteiger partial charge on any atom is 0.260 e. The highest BCUT2D eigenvalue weighted by Gasteiger charge is 2.22. The molecule has 0 unspecified atom stereocenters. The molecule has 2 aromatic rings. The summed E-state index contributed by atoms with van der Waals surface area (Å²) < 4.78 is 7.12. The minimum absolute atomic E-state index is 0.229. The second-order valence-corrected chi connectivity index (χ2v) is 6.79. The van der Waals surface area contributed by atoms with Gasteiger partial charge in [-0.2, -0.15) is 0 Å². The van der Waals surface area contributed by atoms with E-state index in [0.29, 0.717) is 17.1 Å². The summed E-state index contributed by atoms with van der Waals surface area (Å²) in [6.07, 6.45) is 5.52. The van der Waals surface area contributed by atoms with Crippen LogP contribution in [0, 0.1) is 0 Å². The van der Waals surface area contributed by atoms with Crippen LogP contribution in [0.1, 0.15) is 40.9 Å². The number of fused-ring (bicyclic) bond motifs is 1.